The Kier molecular flexibility index (Phi) is 5.54. The van der Waals surface area contributed by atoms with E-state index in [0.717, 1.165) is 81.0 Å². The van der Waals surface area contributed by atoms with E-state index in [-0.39, 0.29) is 11.7 Å². The van der Waals surface area contributed by atoms with Crippen LogP contribution in [0.15, 0.2) is 24.3 Å². The van der Waals surface area contributed by atoms with Crippen molar-refractivity contribution in [3.05, 3.63) is 53.0 Å². The molecule has 8 nitrogen and oxygen atoms in total. The van der Waals surface area contributed by atoms with Crippen LogP contribution in [-0.2, 0) is 25.9 Å². The summed E-state index contributed by atoms with van der Waals surface area (Å²) >= 11 is 0. The molecule has 1 amide bonds. The molecule has 1 aromatic carbocycles. The van der Waals surface area contributed by atoms with Crippen LogP contribution in [0.25, 0.3) is 22.6 Å². The molecule has 0 unspecified atom stereocenters. The third-order valence-corrected chi connectivity index (χ3v) is 7.01. The van der Waals surface area contributed by atoms with Crippen molar-refractivity contribution < 1.29 is 9.18 Å². The highest BCUT2D eigenvalue weighted by atomic mass is 19.1. The predicted octanol–water partition coefficient (Wildman–Crippen LogP) is 4.84. The van der Waals surface area contributed by atoms with Gasteiger partial charge in [0.25, 0.3) is 5.91 Å². The summed E-state index contributed by atoms with van der Waals surface area (Å²) in [5.74, 6) is 1.71. The Hall–Kier alpha value is -3.62. The van der Waals surface area contributed by atoms with Gasteiger partial charge in [-0.05, 0) is 56.9 Å². The fourth-order valence-corrected chi connectivity index (χ4v) is 5.25. The number of pyridine rings is 1. The minimum atomic E-state index is -0.387. The van der Waals surface area contributed by atoms with Gasteiger partial charge in [-0.3, -0.25) is 4.79 Å². The van der Waals surface area contributed by atoms with Gasteiger partial charge in [0.2, 0.25) is 0 Å². The summed E-state index contributed by atoms with van der Waals surface area (Å²) in [7, 11) is 0. The first-order valence-corrected chi connectivity index (χ1v) is 12.5. The van der Waals surface area contributed by atoms with Gasteiger partial charge >= 0.3 is 0 Å². The summed E-state index contributed by atoms with van der Waals surface area (Å²) in [6.45, 7) is 3.53. The van der Waals surface area contributed by atoms with Gasteiger partial charge in [-0.25, -0.2) is 14.4 Å². The van der Waals surface area contributed by atoms with Crippen LogP contribution in [0.2, 0.25) is 0 Å². The van der Waals surface area contributed by atoms with Crippen LogP contribution in [0.3, 0.4) is 0 Å². The van der Waals surface area contributed by atoms with Crippen LogP contribution in [0.5, 0.6) is 0 Å². The molecular formula is C26H28FN7O. The molecule has 6 rings (SSSR count). The number of anilines is 1. The molecule has 2 aliphatic heterocycles. The van der Waals surface area contributed by atoms with Crippen molar-refractivity contribution in [3.8, 4) is 11.4 Å². The van der Waals surface area contributed by atoms with Crippen molar-refractivity contribution in [1.82, 2.24) is 29.3 Å². The third kappa shape index (κ3) is 3.98. The van der Waals surface area contributed by atoms with Crippen LogP contribution < -0.4 is 5.32 Å². The van der Waals surface area contributed by atoms with E-state index in [9.17, 15) is 9.18 Å². The van der Waals surface area contributed by atoms with E-state index in [1.807, 2.05) is 11.5 Å². The minimum absolute atomic E-state index is 0.286. The molecule has 9 heteroatoms. The molecule has 35 heavy (non-hydrogen) atoms. The Balaban J connectivity index is 1.35. The van der Waals surface area contributed by atoms with Crippen LogP contribution in [0.4, 0.5) is 10.1 Å². The number of amides is 1. The van der Waals surface area contributed by atoms with Gasteiger partial charge in [0.05, 0.1) is 11.1 Å². The monoisotopic (exact) mass is 473 g/mol. The molecule has 0 atom stereocenters. The topological polar surface area (TPSA) is 90.5 Å². The van der Waals surface area contributed by atoms with Gasteiger partial charge in [-0.2, -0.15) is 0 Å². The van der Waals surface area contributed by atoms with Crippen LogP contribution in [0, 0.1) is 12.7 Å². The average Bonchev–Trinajstić information content (AvgIpc) is 3.19. The third-order valence-electron chi connectivity index (χ3n) is 7.01. The second kappa shape index (κ2) is 8.87. The fourth-order valence-electron chi connectivity index (χ4n) is 5.25. The molecule has 5 heterocycles. The number of nitrogens with zero attached hydrogens (tertiary/aromatic N) is 6. The molecule has 4 aromatic rings. The van der Waals surface area contributed by atoms with Gasteiger partial charge < -0.3 is 14.5 Å². The molecule has 180 valence electrons. The van der Waals surface area contributed by atoms with Gasteiger partial charge in [0, 0.05) is 37.3 Å². The Labute approximate surface area is 202 Å². The molecule has 1 N–H and O–H groups in total. The maximum Gasteiger partial charge on any atom is 0.258 e. The van der Waals surface area contributed by atoms with Crippen LogP contribution in [-0.4, -0.2) is 35.2 Å². The predicted molar refractivity (Wildman–Crippen MR) is 131 cm³/mol. The Morgan fingerprint density at radius 3 is 2.51 bits per heavy atom. The lowest BCUT2D eigenvalue weighted by molar-refractivity contribution is 0.102. The van der Waals surface area contributed by atoms with Crippen molar-refractivity contribution >= 4 is 22.8 Å². The lowest BCUT2D eigenvalue weighted by Crippen LogP contribution is -2.14. The summed E-state index contributed by atoms with van der Waals surface area (Å²) < 4.78 is 19.0. The quantitative estimate of drug-likeness (QED) is 0.460. The van der Waals surface area contributed by atoms with Crippen LogP contribution >= 0.6 is 0 Å². The smallest absolute Gasteiger partial charge is 0.258 e. The van der Waals surface area contributed by atoms with Crippen molar-refractivity contribution in [1.29, 1.82) is 0 Å². The van der Waals surface area contributed by atoms with Crippen LogP contribution in [0.1, 0.15) is 66.2 Å². The van der Waals surface area contributed by atoms with Gasteiger partial charge in [0.15, 0.2) is 11.5 Å². The SMILES string of the molecule is Cc1cc(C(=O)Nc2ccc(F)c(-c3nnc4n3CCCCC4)c2)c2nc3n(c2n1)CCCCC3. The Bertz CT molecular complexity index is 1440. The molecule has 0 fully saturated rings. The number of nitrogens with one attached hydrogen (secondary N) is 1. The standard InChI is InChI=1S/C26H28FN7O/c1-16-14-19(23-25(28-16)33-12-6-2-4-8-21(33)30-23)26(35)29-17-10-11-20(27)18(15-17)24-32-31-22-9-5-3-7-13-34(22)24/h10-11,14-15H,2-9,12-13H2,1H3,(H,29,35). The lowest BCUT2D eigenvalue weighted by atomic mass is 10.1. The Morgan fingerprint density at radius 1 is 0.914 bits per heavy atom. The fraction of sp³-hybridized carbons (Fsp3) is 0.423. The summed E-state index contributed by atoms with van der Waals surface area (Å²) in [5.41, 5.74) is 3.47. The van der Waals surface area contributed by atoms with Crippen molar-refractivity contribution in [3.63, 3.8) is 0 Å². The first kappa shape index (κ1) is 21.9. The first-order chi connectivity index (χ1) is 17.1. The van der Waals surface area contributed by atoms with Crippen molar-refractivity contribution in [2.45, 2.75) is 71.4 Å². The summed E-state index contributed by atoms with van der Waals surface area (Å²) in [4.78, 5) is 22.9. The van der Waals surface area contributed by atoms with E-state index >= 15 is 0 Å². The van der Waals surface area contributed by atoms with Crippen molar-refractivity contribution in [2.75, 3.05) is 5.32 Å². The zero-order valence-corrected chi connectivity index (χ0v) is 19.8. The van der Waals surface area contributed by atoms with E-state index in [0.29, 0.717) is 28.2 Å². The summed E-state index contributed by atoms with van der Waals surface area (Å²) in [6.07, 6.45) is 8.29. The molecular weight excluding hydrogens is 445 g/mol. The normalized spacial score (nSPS) is 15.8. The number of carbonyl (C=O) groups is 1. The van der Waals surface area contributed by atoms with Gasteiger partial charge in [0.1, 0.15) is 23.0 Å². The molecule has 0 saturated heterocycles. The zero-order chi connectivity index (χ0) is 23.9. The molecule has 0 saturated carbocycles. The number of fused-ring (bicyclic) bond motifs is 4. The van der Waals surface area contributed by atoms with Gasteiger partial charge in [-0.1, -0.05) is 12.8 Å². The largest absolute Gasteiger partial charge is 0.322 e. The number of benzene rings is 1. The maximum absolute atomic E-state index is 14.9. The number of hydrogen-bond acceptors (Lipinski definition) is 5. The number of aromatic nitrogens is 6. The molecule has 0 spiro atoms. The second-order valence-electron chi connectivity index (χ2n) is 9.52. The molecule has 3 aromatic heterocycles. The summed E-state index contributed by atoms with van der Waals surface area (Å²) in [6, 6.07) is 6.36. The van der Waals surface area contributed by atoms with E-state index in [1.165, 1.54) is 12.5 Å². The molecule has 2 aliphatic rings. The zero-order valence-electron chi connectivity index (χ0n) is 19.8. The highest BCUT2D eigenvalue weighted by molar-refractivity contribution is 6.11. The molecule has 0 aliphatic carbocycles. The second-order valence-corrected chi connectivity index (χ2v) is 9.52. The maximum atomic E-state index is 14.9. The number of halogens is 1. The molecule has 0 bridgehead atoms. The highest BCUT2D eigenvalue weighted by Gasteiger charge is 2.22. The van der Waals surface area contributed by atoms with E-state index < -0.39 is 0 Å². The van der Waals surface area contributed by atoms with E-state index in [4.69, 9.17) is 9.97 Å². The Morgan fingerprint density at radius 2 is 1.69 bits per heavy atom. The summed E-state index contributed by atoms with van der Waals surface area (Å²) in [5, 5.41) is 11.5. The number of hydrogen-bond donors (Lipinski definition) is 1. The van der Waals surface area contributed by atoms with Gasteiger partial charge in [-0.15, -0.1) is 10.2 Å². The minimum Gasteiger partial charge on any atom is -0.322 e. The van der Waals surface area contributed by atoms with E-state index in [1.54, 1.807) is 18.2 Å². The lowest BCUT2D eigenvalue weighted by Gasteiger charge is -2.11. The highest BCUT2D eigenvalue weighted by Crippen LogP contribution is 2.29. The van der Waals surface area contributed by atoms with E-state index in [2.05, 4.69) is 20.1 Å². The number of imidazole rings is 1. The number of rotatable bonds is 3. The number of carbonyl (C=O) groups excluding carboxylic acids is 1. The van der Waals surface area contributed by atoms with Crippen molar-refractivity contribution in [2.24, 2.45) is 0 Å². The molecule has 0 radical (unpaired) electrons. The average molecular weight is 474 g/mol. The number of aryl methyl sites for hydroxylation is 4. The first-order valence-electron chi connectivity index (χ1n) is 12.5.